The van der Waals surface area contributed by atoms with Crippen LogP contribution in [0, 0.1) is 13.8 Å². The van der Waals surface area contributed by atoms with Crippen LogP contribution in [0.15, 0.2) is 6.07 Å². The van der Waals surface area contributed by atoms with Crippen molar-refractivity contribution < 1.29 is 14.7 Å². The minimum atomic E-state index is -1.08. The lowest BCUT2D eigenvalue weighted by molar-refractivity contribution is -0.138. The first kappa shape index (κ1) is 14.0. The number of aryl methyl sites for hydroxylation is 3. The summed E-state index contributed by atoms with van der Waals surface area (Å²) in [7, 11) is 1.75. The molecule has 0 fully saturated rings. The number of hydrogen-bond acceptors (Lipinski definition) is 4. The van der Waals surface area contributed by atoms with E-state index >= 15 is 0 Å². The van der Waals surface area contributed by atoms with Gasteiger partial charge >= 0.3 is 5.97 Å². The Kier molecular flexibility index (Phi) is 3.44. The van der Waals surface area contributed by atoms with Crippen molar-refractivity contribution in [2.75, 3.05) is 0 Å². The van der Waals surface area contributed by atoms with Crippen molar-refractivity contribution in [3.05, 3.63) is 23.0 Å². The summed E-state index contributed by atoms with van der Waals surface area (Å²) < 4.78 is 1.61. The van der Waals surface area contributed by atoms with Gasteiger partial charge in [0.1, 0.15) is 6.04 Å². The van der Waals surface area contributed by atoms with Crippen molar-refractivity contribution in [3.63, 3.8) is 0 Å². The van der Waals surface area contributed by atoms with Gasteiger partial charge in [-0.05, 0) is 26.8 Å². The average Bonchev–Trinajstić information content (AvgIpc) is 2.63. The molecule has 2 aromatic rings. The summed E-state index contributed by atoms with van der Waals surface area (Å²) in [6.07, 6.45) is 0. The molecule has 0 spiro atoms. The molecule has 1 amide bonds. The zero-order valence-electron chi connectivity index (χ0n) is 11.8. The maximum absolute atomic E-state index is 12.2. The van der Waals surface area contributed by atoms with Gasteiger partial charge in [-0.2, -0.15) is 5.10 Å². The van der Waals surface area contributed by atoms with Gasteiger partial charge in [-0.25, -0.2) is 4.98 Å². The van der Waals surface area contributed by atoms with E-state index < -0.39 is 17.9 Å². The summed E-state index contributed by atoms with van der Waals surface area (Å²) in [5.74, 6) is -1.52. The summed E-state index contributed by atoms with van der Waals surface area (Å²) in [5.41, 5.74) is 2.36. The molecule has 20 heavy (non-hydrogen) atoms. The molecule has 1 atom stereocenters. The highest BCUT2D eigenvalue weighted by atomic mass is 16.4. The Hall–Kier alpha value is -2.44. The van der Waals surface area contributed by atoms with Gasteiger partial charge < -0.3 is 10.4 Å². The van der Waals surface area contributed by atoms with Gasteiger partial charge in [0.05, 0.1) is 16.6 Å². The summed E-state index contributed by atoms with van der Waals surface area (Å²) >= 11 is 0. The van der Waals surface area contributed by atoms with Gasteiger partial charge in [0.2, 0.25) is 0 Å². The van der Waals surface area contributed by atoms with E-state index in [4.69, 9.17) is 5.11 Å². The molecule has 7 heteroatoms. The highest BCUT2D eigenvalue weighted by molar-refractivity contribution is 6.07. The summed E-state index contributed by atoms with van der Waals surface area (Å²) in [6.45, 7) is 4.98. The van der Waals surface area contributed by atoms with Crippen LogP contribution in [0.25, 0.3) is 11.0 Å². The Morgan fingerprint density at radius 1 is 1.40 bits per heavy atom. The van der Waals surface area contributed by atoms with Crippen molar-refractivity contribution in [2.45, 2.75) is 26.8 Å². The fourth-order valence-electron chi connectivity index (χ4n) is 2.09. The molecule has 0 radical (unpaired) electrons. The number of hydrogen-bond donors (Lipinski definition) is 2. The molecule has 0 aliphatic carbocycles. The lowest BCUT2D eigenvalue weighted by Crippen LogP contribution is -2.38. The minimum absolute atomic E-state index is 0.395. The van der Waals surface area contributed by atoms with Gasteiger partial charge in [0, 0.05) is 12.7 Å². The Morgan fingerprint density at radius 3 is 2.65 bits per heavy atom. The number of nitrogens with one attached hydrogen (secondary N) is 1. The fraction of sp³-hybridized carbons (Fsp3) is 0.385. The van der Waals surface area contributed by atoms with Crippen LogP contribution in [0.4, 0.5) is 0 Å². The van der Waals surface area contributed by atoms with E-state index in [9.17, 15) is 9.59 Å². The van der Waals surface area contributed by atoms with Crippen molar-refractivity contribution in [3.8, 4) is 0 Å². The molecule has 0 aromatic carbocycles. The van der Waals surface area contributed by atoms with Crippen LogP contribution in [0.2, 0.25) is 0 Å². The van der Waals surface area contributed by atoms with Crippen LogP contribution in [-0.4, -0.2) is 37.8 Å². The monoisotopic (exact) mass is 276 g/mol. The topological polar surface area (TPSA) is 97.1 Å². The molecule has 0 saturated carbocycles. The third-order valence-electron chi connectivity index (χ3n) is 3.06. The number of aromatic nitrogens is 3. The van der Waals surface area contributed by atoms with E-state index in [1.807, 2.05) is 0 Å². The molecule has 2 N–H and O–H groups in total. The molecule has 2 rings (SSSR count). The molecular weight excluding hydrogens is 260 g/mol. The van der Waals surface area contributed by atoms with Crippen LogP contribution < -0.4 is 5.32 Å². The second-order valence-corrected chi connectivity index (χ2v) is 4.75. The quantitative estimate of drug-likeness (QED) is 0.863. The molecule has 0 aliphatic heterocycles. The van der Waals surface area contributed by atoms with E-state index in [1.165, 1.54) is 6.92 Å². The Labute approximate surface area is 115 Å². The number of pyridine rings is 1. The van der Waals surface area contributed by atoms with Gasteiger partial charge in [-0.1, -0.05) is 0 Å². The third-order valence-corrected chi connectivity index (χ3v) is 3.06. The lowest BCUT2D eigenvalue weighted by Gasteiger charge is -2.10. The number of nitrogens with zero attached hydrogens (tertiary/aromatic N) is 3. The molecule has 7 nitrogen and oxygen atoms in total. The number of carbonyl (C=O) groups excluding carboxylic acids is 1. The highest BCUT2D eigenvalue weighted by Gasteiger charge is 2.20. The molecule has 0 aliphatic rings. The maximum Gasteiger partial charge on any atom is 0.325 e. The Morgan fingerprint density at radius 2 is 2.05 bits per heavy atom. The second kappa shape index (κ2) is 4.92. The van der Waals surface area contributed by atoms with E-state index in [0.29, 0.717) is 28.0 Å². The van der Waals surface area contributed by atoms with E-state index in [-0.39, 0.29) is 0 Å². The number of rotatable bonds is 3. The Bertz CT molecular complexity index is 705. The van der Waals surface area contributed by atoms with Crippen LogP contribution in [0.5, 0.6) is 0 Å². The second-order valence-electron chi connectivity index (χ2n) is 4.75. The number of aliphatic carboxylic acids is 1. The van der Waals surface area contributed by atoms with Crippen LogP contribution in [-0.2, 0) is 11.8 Å². The molecule has 2 heterocycles. The summed E-state index contributed by atoms with van der Waals surface area (Å²) in [4.78, 5) is 27.4. The van der Waals surface area contributed by atoms with Crippen LogP contribution >= 0.6 is 0 Å². The lowest BCUT2D eigenvalue weighted by atomic mass is 10.1. The first-order valence-corrected chi connectivity index (χ1v) is 6.16. The molecule has 2 aromatic heterocycles. The number of fused-ring (bicyclic) bond motifs is 1. The van der Waals surface area contributed by atoms with Crippen molar-refractivity contribution >= 4 is 22.9 Å². The Balaban J connectivity index is 2.53. The average molecular weight is 276 g/mol. The minimum Gasteiger partial charge on any atom is -0.480 e. The fourth-order valence-corrected chi connectivity index (χ4v) is 2.09. The third kappa shape index (κ3) is 2.34. The summed E-state index contributed by atoms with van der Waals surface area (Å²) in [6, 6.07) is 0.684. The molecule has 106 valence electrons. The SMILES string of the molecule is Cc1cc(C(=O)N[C@@H](C)C(=O)O)c2c(C)nn(C)c2n1. The standard InChI is InChI=1S/C13H16N4O3/c1-6-5-9(12(18)15-8(3)13(19)20)10-7(2)16-17(4)11(10)14-6/h5,8H,1-4H3,(H,15,18)(H,19,20)/t8-/m0/s1. The van der Waals surface area contributed by atoms with E-state index in [1.54, 1.807) is 31.6 Å². The van der Waals surface area contributed by atoms with Gasteiger partial charge in [-0.15, -0.1) is 0 Å². The predicted molar refractivity (Wildman–Crippen MR) is 72.5 cm³/mol. The zero-order valence-corrected chi connectivity index (χ0v) is 11.8. The first-order valence-electron chi connectivity index (χ1n) is 6.16. The predicted octanol–water partition coefficient (Wildman–Crippen LogP) is 0.788. The largest absolute Gasteiger partial charge is 0.480 e. The molecule has 0 unspecified atom stereocenters. The number of carbonyl (C=O) groups is 2. The summed E-state index contributed by atoms with van der Waals surface area (Å²) in [5, 5.41) is 16.2. The van der Waals surface area contributed by atoms with Crippen molar-refractivity contribution in [1.82, 2.24) is 20.1 Å². The molecule has 0 saturated heterocycles. The molecular formula is C13H16N4O3. The van der Waals surface area contributed by atoms with Crippen molar-refractivity contribution in [2.24, 2.45) is 7.05 Å². The van der Waals surface area contributed by atoms with Crippen LogP contribution in [0.3, 0.4) is 0 Å². The van der Waals surface area contributed by atoms with E-state index in [2.05, 4.69) is 15.4 Å². The molecule has 0 bridgehead atoms. The number of carboxylic acid groups (broad SMARTS) is 1. The van der Waals surface area contributed by atoms with Crippen LogP contribution in [0.1, 0.15) is 28.7 Å². The van der Waals surface area contributed by atoms with Gasteiger partial charge in [0.15, 0.2) is 5.65 Å². The van der Waals surface area contributed by atoms with Crippen molar-refractivity contribution in [1.29, 1.82) is 0 Å². The maximum atomic E-state index is 12.2. The van der Waals surface area contributed by atoms with Gasteiger partial charge in [0.25, 0.3) is 5.91 Å². The highest BCUT2D eigenvalue weighted by Crippen LogP contribution is 2.21. The van der Waals surface area contributed by atoms with Gasteiger partial charge in [-0.3, -0.25) is 14.3 Å². The number of amides is 1. The first-order chi connectivity index (χ1) is 9.31. The smallest absolute Gasteiger partial charge is 0.325 e. The normalized spacial score (nSPS) is 12.4. The van der Waals surface area contributed by atoms with E-state index in [0.717, 1.165) is 0 Å². The number of carboxylic acids is 1. The zero-order chi connectivity index (χ0) is 15.0.